The second-order valence-electron chi connectivity index (χ2n) is 6.58. The van der Waals surface area contributed by atoms with Gasteiger partial charge in [-0.2, -0.15) is 0 Å². The van der Waals surface area contributed by atoms with E-state index in [1.807, 2.05) is 0 Å². The van der Waals surface area contributed by atoms with E-state index in [1.54, 1.807) is 0 Å². The molecule has 0 aromatic heterocycles. The average Bonchev–Trinajstić information content (AvgIpc) is 3.29. The third-order valence-electron chi connectivity index (χ3n) is 4.35. The van der Waals surface area contributed by atoms with Gasteiger partial charge in [-0.15, -0.1) is 0 Å². The fourth-order valence-corrected chi connectivity index (χ4v) is 2.76. The predicted molar refractivity (Wildman–Crippen MR) is 90.6 cm³/mol. The molecule has 0 bridgehead atoms. The van der Waals surface area contributed by atoms with Crippen molar-refractivity contribution in [2.75, 3.05) is 0 Å². The van der Waals surface area contributed by atoms with Crippen LogP contribution in [0.4, 0.5) is 0 Å². The molecule has 3 rings (SSSR count). The van der Waals surface area contributed by atoms with Gasteiger partial charge in [0.2, 0.25) is 0 Å². The average molecular weight is 279 g/mol. The first-order valence-corrected chi connectivity index (χ1v) is 8.07. The molecule has 1 nitrogen and oxygen atoms in total. The molecule has 110 valence electrons. The Hall–Kier alpha value is -1.60. The lowest BCUT2D eigenvalue weighted by molar-refractivity contribution is 0.687. The normalized spacial score (nSPS) is 14.7. The summed E-state index contributed by atoms with van der Waals surface area (Å²) in [4.78, 5) is 0. The van der Waals surface area contributed by atoms with Crippen LogP contribution in [0.3, 0.4) is 0 Å². The van der Waals surface area contributed by atoms with Crippen LogP contribution < -0.4 is 5.32 Å². The Kier molecular flexibility index (Phi) is 4.12. The van der Waals surface area contributed by atoms with E-state index in [0.717, 1.165) is 12.6 Å². The molecule has 21 heavy (non-hydrogen) atoms. The number of hydrogen-bond donors (Lipinski definition) is 1. The third-order valence-corrected chi connectivity index (χ3v) is 4.35. The largest absolute Gasteiger partial charge is 0.310 e. The molecule has 1 aliphatic rings. The van der Waals surface area contributed by atoms with Gasteiger partial charge in [0, 0.05) is 12.6 Å². The zero-order valence-corrected chi connectivity index (χ0v) is 13.3. The second-order valence-corrected chi connectivity index (χ2v) is 6.58. The van der Waals surface area contributed by atoms with E-state index in [4.69, 9.17) is 0 Å². The fourth-order valence-electron chi connectivity index (χ4n) is 2.76. The van der Waals surface area contributed by atoms with Gasteiger partial charge in [0.1, 0.15) is 0 Å². The van der Waals surface area contributed by atoms with Crippen molar-refractivity contribution in [3.05, 3.63) is 59.2 Å². The predicted octanol–water partition coefficient (Wildman–Crippen LogP) is 5.04. The highest BCUT2D eigenvalue weighted by Gasteiger charge is 2.19. The quantitative estimate of drug-likeness (QED) is 0.808. The monoisotopic (exact) mass is 279 g/mol. The summed E-state index contributed by atoms with van der Waals surface area (Å²) < 4.78 is 0. The minimum atomic E-state index is 0.594. The standard InChI is InChI=1S/C20H25N/c1-14(2)17-5-7-18(8-6-17)20-11-4-16(12-15(20)3)13-21-19-9-10-19/h4-8,11-12,14,19,21H,9-10,13H2,1-3H3. The molecule has 0 amide bonds. The molecule has 1 N–H and O–H groups in total. The number of hydrogen-bond acceptors (Lipinski definition) is 1. The Morgan fingerprint density at radius 1 is 1.05 bits per heavy atom. The van der Waals surface area contributed by atoms with Crippen LogP contribution in [-0.4, -0.2) is 6.04 Å². The Morgan fingerprint density at radius 2 is 1.76 bits per heavy atom. The van der Waals surface area contributed by atoms with Gasteiger partial charge in [-0.1, -0.05) is 56.3 Å². The highest BCUT2D eigenvalue weighted by molar-refractivity contribution is 5.67. The van der Waals surface area contributed by atoms with E-state index in [-0.39, 0.29) is 0 Å². The van der Waals surface area contributed by atoms with Crippen molar-refractivity contribution in [1.29, 1.82) is 0 Å². The van der Waals surface area contributed by atoms with Crippen molar-refractivity contribution >= 4 is 0 Å². The van der Waals surface area contributed by atoms with E-state index in [9.17, 15) is 0 Å². The van der Waals surface area contributed by atoms with Gasteiger partial charge in [0.05, 0.1) is 0 Å². The van der Waals surface area contributed by atoms with Crippen LogP contribution in [0.15, 0.2) is 42.5 Å². The summed E-state index contributed by atoms with van der Waals surface area (Å²) in [6.07, 6.45) is 2.69. The molecule has 0 radical (unpaired) electrons. The first-order valence-electron chi connectivity index (χ1n) is 8.07. The van der Waals surface area contributed by atoms with Crippen molar-refractivity contribution in [2.24, 2.45) is 0 Å². The topological polar surface area (TPSA) is 12.0 Å². The molecule has 1 saturated carbocycles. The highest BCUT2D eigenvalue weighted by atomic mass is 14.9. The van der Waals surface area contributed by atoms with Crippen LogP contribution in [0.25, 0.3) is 11.1 Å². The van der Waals surface area contributed by atoms with Gasteiger partial charge >= 0.3 is 0 Å². The van der Waals surface area contributed by atoms with E-state index in [1.165, 1.54) is 40.7 Å². The Morgan fingerprint density at radius 3 is 2.33 bits per heavy atom. The van der Waals surface area contributed by atoms with Crippen molar-refractivity contribution in [1.82, 2.24) is 5.32 Å². The zero-order chi connectivity index (χ0) is 14.8. The molecule has 0 atom stereocenters. The second kappa shape index (κ2) is 6.03. The summed E-state index contributed by atoms with van der Waals surface area (Å²) in [6.45, 7) is 7.69. The van der Waals surface area contributed by atoms with Gasteiger partial charge in [-0.25, -0.2) is 0 Å². The minimum Gasteiger partial charge on any atom is -0.310 e. The third kappa shape index (κ3) is 3.54. The van der Waals surface area contributed by atoms with Gasteiger partial charge in [-0.05, 0) is 53.5 Å². The molecule has 0 saturated heterocycles. The van der Waals surface area contributed by atoms with E-state index >= 15 is 0 Å². The number of benzene rings is 2. The lowest BCUT2D eigenvalue weighted by Gasteiger charge is -2.11. The van der Waals surface area contributed by atoms with Crippen LogP contribution in [0.5, 0.6) is 0 Å². The van der Waals surface area contributed by atoms with Gasteiger partial charge < -0.3 is 5.32 Å². The molecular weight excluding hydrogens is 254 g/mol. The molecule has 2 aromatic rings. The number of aryl methyl sites for hydroxylation is 1. The Labute approximate surface area is 128 Å². The summed E-state index contributed by atoms with van der Waals surface area (Å²) in [5, 5.41) is 3.58. The summed E-state index contributed by atoms with van der Waals surface area (Å²) >= 11 is 0. The summed E-state index contributed by atoms with van der Waals surface area (Å²) in [6, 6.07) is 16.6. The smallest absolute Gasteiger partial charge is 0.0208 e. The SMILES string of the molecule is Cc1cc(CNC2CC2)ccc1-c1ccc(C(C)C)cc1. The van der Waals surface area contributed by atoms with Crippen molar-refractivity contribution in [3.63, 3.8) is 0 Å². The summed E-state index contributed by atoms with van der Waals surface area (Å²) in [7, 11) is 0. The Balaban J connectivity index is 1.77. The maximum Gasteiger partial charge on any atom is 0.0208 e. The summed E-state index contributed by atoms with van der Waals surface area (Å²) in [5.41, 5.74) is 6.82. The van der Waals surface area contributed by atoms with Crippen LogP contribution in [0.1, 0.15) is 49.3 Å². The zero-order valence-electron chi connectivity index (χ0n) is 13.3. The first kappa shape index (κ1) is 14.3. The van der Waals surface area contributed by atoms with E-state index in [2.05, 4.69) is 68.6 Å². The van der Waals surface area contributed by atoms with Gasteiger partial charge in [0.25, 0.3) is 0 Å². The number of rotatable bonds is 5. The maximum absolute atomic E-state index is 3.58. The molecule has 1 fully saturated rings. The number of nitrogens with one attached hydrogen (secondary N) is 1. The van der Waals surface area contributed by atoms with Gasteiger partial charge in [0.15, 0.2) is 0 Å². The van der Waals surface area contributed by atoms with Crippen LogP contribution >= 0.6 is 0 Å². The maximum atomic E-state index is 3.58. The van der Waals surface area contributed by atoms with Crippen LogP contribution in [0.2, 0.25) is 0 Å². The molecule has 1 heteroatoms. The molecule has 0 unspecified atom stereocenters. The molecular formula is C20H25N. The van der Waals surface area contributed by atoms with Gasteiger partial charge in [-0.3, -0.25) is 0 Å². The molecule has 1 aliphatic carbocycles. The van der Waals surface area contributed by atoms with E-state index in [0.29, 0.717) is 5.92 Å². The minimum absolute atomic E-state index is 0.594. The molecule has 0 spiro atoms. The van der Waals surface area contributed by atoms with Crippen molar-refractivity contribution in [3.8, 4) is 11.1 Å². The van der Waals surface area contributed by atoms with Crippen LogP contribution in [-0.2, 0) is 6.54 Å². The molecule has 2 aromatic carbocycles. The molecule has 0 heterocycles. The Bertz CT molecular complexity index is 606. The van der Waals surface area contributed by atoms with E-state index < -0.39 is 0 Å². The summed E-state index contributed by atoms with van der Waals surface area (Å²) in [5.74, 6) is 0.594. The highest BCUT2D eigenvalue weighted by Crippen LogP contribution is 2.27. The lowest BCUT2D eigenvalue weighted by Crippen LogP contribution is -2.15. The molecule has 0 aliphatic heterocycles. The van der Waals surface area contributed by atoms with Crippen molar-refractivity contribution in [2.45, 2.75) is 52.1 Å². The van der Waals surface area contributed by atoms with Crippen molar-refractivity contribution < 1.29 is 0 Å². The fraction of sp³-hybridized carbons (Fsp3) is 0.400. The van der Waals surface area contributed by atoms with Crippen LogP contribution in [0, 0.1) is 6.92 Å². The first-order chi connectivity index (χ1) is 10.1. The lowest BCUT2D eigenvalue weighted by atomic mass is 9.95.